The molecule has 0 spiro atoms. The lowest BCUT2D eigenvalue weighted by Gasteiger charge is -2.15. The maximum atomic E-state index is 13.0. The van der Waals surface area contributed by atoms with E-state index in [1.807, 2.05) is 37.3 Å². The molecule has 0 unspecified atom stereocenters. The number of sulfonamides is 1. The maximum Gasteiger partial charge on any atom is 0.241 e. The lowest BCUT2D eigenvalue weighted by Crippen LogP contribution is -2.27. The number of halogens is 1. The molecule has 2 atom stereocenters. The highest BCUT2D eigenvalue weighted by Gasteiger charge is 2.18. The van der Waals surface area contributed by atoms with E-state index in [0.29, 0.717) is 6.42 Å². The Labute approximate surface area is 188 Å². The summed E-state index contributed by atoms with van der Waals surface area (Å²) in [5, 5.41) is 2.89. The van der Waals surface area contributed by atoms with Crippen molar-refractivity contribution in [3.8, 4) is 0 Å². The zero-order valence-electron chi connectivity index (χ0n) is 18.1. The number of carbonyl (C=O) groups excluding carboxylic acids is 1. The molecule has 0 saturated heterocycles. The monoisotopic (exact) mass is 454 g/mol. The van der Waals surface area contributed by atoms with E-state index < -0.39 is 10.0 Å². The summed E-state index contributed by atoms with van der Waals surface area (Å²) in [7, 11) is -3.66. The van der Waals surface area contributed by atoms with E-state index in [0.717, 1.165) is 16.7 Å². The first-order valence-corrected chi connectivity index (χ1v) is 11.9. The lowest BCUT2D eigenvalue weighted by molar-refractivity contribution is -0.121. The molecule has 0 fully saturated rings. The molecule has 5 nitrogen and oxygen atoms in total. The van der Waals surface area contributed by atoms with Crippen molar-refractivity contribution >= 4 is 15.9 Å². The van der Waals surface area contributed by atoms with Crippen LogP contribution in [-0.2, 0) is 21.2 Å². The molecular formula is C25H27FN2O3S. The van der Waals surface area contributed by atoms with Gasteiger partial charge >= 0.3 is 0 Å². The average molecular weight is 455 g/mol. The third-order valence-corrected chi connectivity index (χ3v) is 6.81. The van der Waals surface area contributed by atoms with Crippen LogP contribution in [0, 0.1) is 5.82 Å². The number of nitrogens with one attached hydrogen (secondary N) is 2. The Hall–Kier alpha value is -3.03. The van der Waals surface area contributed by atoms with Crippen molar-refractivity contribution in [3.05, 3.63) is 101 Å². The third-order valence-electron chi connectivity index (χ3n) is 5.25. The van der Waals surface area contributed by atoms with E-state index in [9.17, 15) is 17.6 Å². The highest BCUT2D eigenvalue weighted by Crippen LogP contribution is 2.18. The van der Waals surface area contributed by atoms with Crippen LogP contribution in [-0.4, -0.2) is 14.3 Å². The van der Waals surface area contributed by atoms with Gasteiger partial charge in [-0.3, -0.25) is 4.79 Å². The second-order valence-electron chi connectivity index (χ2n) is 7.74. The van der Waals surface area contributed by atoms with E-state index >= 15 is 0 Å². The van der Waals surface area contributed by atoms with Crippen molar-refractivity contribution in [2.75, 3.05) is 0 Å². The van der Waals surface area contributed by atoms with Gasteiger partial charge in [-0.05, 0) is 61.2 Å². The number of hydrogen-bond donors (Lipinski definition) is 2. The second-order valence-corrected chi connectivity index (χ2v) is 9.45. The largest absolute Gasteiger partial charge is 0.350 e. The molecule has 0 bridgehead atoms. The summed E-state index contributed by atoms with van der Waals surface area (Å²) in [6.07, 6.45) is 0.747. The van der Waals surface area contributed by atoms with Crippen molar-refractivity contribution < 1.29 is 17.6 Å². The molecule has 1 amide bonds. The summed E-state index contributed by atoms with van der Waals surface area (Å²) >= 11 is 0. The van der Waals surface area contributed by atoms with Gasteiger partial charge in [0.2, 0.25) is 15.9 Å². The van der Waals surface area contributed by atoms with Crippen LogP contribution in [0.1, 0.15) is 49.0 Å². The molecule has 3 aromatic carbocycles. The van der Waals surface area contributed by atoms with Gasteiger partial charge in [-0.2, -0.15) is 0 Å². The van der Waals surface area contributed by atoms with Crippen LogP contribution in [0.5, 0.6) is 0 Å². The van der Waals surface area contributed by atoms with E-state index in [1.165, 1.54) is 12.1 Å². The van der Waals surface area contributed by atoms with Gasteiger partial charge in [-0.15, -0.1) is 0 Å². The lowest BCUT2D eigenvalue weighted by atomic mass is 10.1. The van der Waals surface area contributed by atoms with Crippen LogP contribution >= 0.6 is 0 Å². The minimum Gasteiger partial charge on any atom is -0.350 e. The minimum absolute atomic E-state index is 0.128. The summed E-state index contributed by atoms with van der Waals surface area (Å²) < 4.78 is 41.1. The Balaban J connectivity index is 1.53. The fourth-order valence-electron chi connectivity index (χ4n) is 3.35. The Kier molecular flexibility index (Phi) is 7.77. The predicted octanol–water partition coefficient (Wildman–Crippen LogP) is 4.68. The van der Waals surface area contributed by atoms with Crippen molar-refractivity contribution in [3.63, 3.8) is 0 Å². The van der Waals surface area contributed by atoms with E-state index in [1.54, 1.807) is 43.3 Å². The molecule has 0 aliphatic heterocycles. The fourth-order valence-corrected chi connectivity index (χ4v) is 4.58. The highest BCUT2D eigenvalue weighted by atomic mass is 32.2. The number of aryl methyl sites for hydroxylation is 1. The third kappa shape index (κ3) is 6.48. The van der Waals surface area contributed by atoms with E-state index in [2.05, 4.69) is 10.0 Å². The molecule has 0 radical (unpaired) electrons. The van der Waals surface area contributed by atoms with Crippen LogP contribution in [0.25, 0.3) is 0 Å². The Morgan fingerprint density at radius 2 is 1.44 bits per heavy atom. The topological polar surface area (TPSA) is 75.3 Å². The van der Waals surface area contributed by atoms with E-state index in [-0.39, 0.29) is 35.1 Å². The molecule has 0 heterocycles. The van der Waals surface area contributed by atoms with Crippen LogP contribution in [0.4, 0.5) is 4.39 Å². The van der Waals surface area contributed by atoms with Gasteiger partial charge in [0, 0.05) is 12.5 Å². The molecule has 0 aromatic heterocycles. The molecule has 32 heavy (non-hydrogen) atoms. The van der Waals surface area contributed by atoms with Gasteiger partial charge in [0.25, 0.3) is 0 Å². The van der Waals surface area contributed by atoms with Gasteiger partial charge in [-0.1, -0.05) is 54.6 Å². The van der Waals surface area contributed by atoms with Crippen LogP contribution in [0.3, 0.4) is 0 Å². The first kappa shape index (κ1) is 23.6. The molecule has 0 saturated carbocycles. The van der Waals surface area contributed by atoms with Gasteiger partial charge in [-0.25, -0.2) is 17.5 Å². The smallest absolute Gasteiger partial charge is 0.241 e. The zero-order chi connectivity index (χ0) is 23.1. The molecular weight excluding hydrogens is 427 g/mol. The van der Waals surface area contributed by atoms with Gasteiger partial charge < -0.3 is 5.32 Å². The van der Waals surface area contributed by atoms with Crippen LogP contribution in [0.15, 0.2) is 83.8 Å². The predicted molar refractivity (Wildman–Crippen MR) is 123 cm³/mol. The maximum absolute atomic E-state index is 13.0. The summed E-state index contributed by atoms with van der Waals surface area (Å²) in [6, 6.07) is 21.3. The van der Waals surface area contributed by atoms with Crippen molar-refractivity contribution in [2.45, 2.75) is 43.7 Å². The molecule has 0 aliphatic rings. The minimum atomic E-state index is -3.66. The summed E-state index contributed by atoms with van der Waals surface area (Å²) in [6.45, 7) is 3.64. The van der Waals surface area contributed by atoms with Crippen molar-refractivity contribution in [1.82, 2.24) is 10.0 Å². The van der Waals surface area contributed by atoms with E-state index in [4.69, 9.17) is 0 Å². The number of carbonyl (C=O) groups is 1. The number of benzene rings is 3. The summed E-state index contributed by atoms with van der Waals surface area (Å²) in [5.74, 6) is -0.445. The quantitative estimate of drug-likeness (QED) is 0.493. The Morgan fingerprint density at radius 3 is 2.06 bits per heavy atom. The number of amides is 1. The highest BCUT2D eigenvalue weighted by molar-refractivity contribution is 7.89. The van der Waals surface area contributed by atoms with Gasteiger partial charge in [0.15, 0.2) is 0 Å². The van der Waals surface area contributed by atoms with Gasteiger partial charge in [0.1, 0.15) is 5.82 Å². The summed E-state index contributed by atoms with van der Waals surface area (Å²) in [5.41, 5.74) is 2.57. The van der Waals surface area contributed by atoms with Crippen LogP contribution in [0.2, 0.25) is 0 Å². The SMILES string of the molecule is C[C@H](NC(=O)CCc1ccc(S(=O)(=O)N[C@@H](C)c2ccccc2)cc1)c1ccc(F)cc1. The average Bonchev–Trinajstić information content (AvgIpc) is 2.78. The van der Waals surface area contributed by atoms with Crippen molar-refractivity contribution in [2.24, 2.45) is 0 Å². The Bertz CT molecular complexity index is 1130. The molecule has 168 valence electrons. The molecule has 3 aromatic rings. The second kappa shape index (κ2) is 10.5. The standard InChI is InChI=1S/C25H27FN2O3S/c1-18(22-11-13-23(26)14-12-22)27-25(29)17-10-20-8-15-24(16-9-20)32(30,31)28-19(2)21-6-4-3-5-7-21/h3-9,11-16,18-19,28H,10,17H2,1-2H3,(H,27,29)/t18-,19-/m0/s1. The number of hydrogen-bond acceptors (Lipinski definition) is 3. The van der Waals surface area contributed by atoms with Gasteiger partial charge in [0.05, 0.1) is 10.9 Å². The van der Waals surface area contributed by atoms with Crippen molar-refractivity contribution in [1.29, 1.82) is 0 Å². The molecule has 7 heteroatoms. The number of rotatable bonds is 9. The Morgan fingerprint density at radius 1 is 0.844 bits per heavy atom. The van der Waals surface area contributed by atoms with Crippen LogP contribution < -0.4 is 10.0 Å². The first-order valence-electron chi connectivity index (χ1n) is 10.5. The first-order chi connectivity index (χ1) is 15.2. The summed E-state index contributed by atoms with van der Waals surface area (Å²) in [4.78, 5) is 12.4. The molecule has 2 N–H and O–H groups in total. The zero-order valence-corrected chi connectivity index (χ0v) is 18.9. The molecule has 0 aliphatic carbocycles. The fraction of sp³-hybridized carbons (Fsp3) is 0.240. The normalized spacial score (nSPS) is 13.3. The molecule has 3 rings (SSSR count).